The van der Waals surface area contributed by atoms with Crippen LogP contribution >= 0.6 is 0 Å². The van der Waals surface area contributed by atoms with Crippen molar-refractivity contribution in [1.29, 1.82) is 0 Å². The van der Waals surface area contributed by atoms with Gasteiger partial charge in [0.05, 0.1) is 0 Å². The zero-order chi connectivity index (χ0) is 21.7. The number of para-hydroxylation sites is 1. The average molecular weight is 430 g/mol. The number of aliphatic imine (C=N–C) groups is 1. The number of benzene rings is 1. The van der Waals surface area contributed by atoms with Crippen LogP contribution in [0.3, 0.4) is 0 Å². The normalized spacial score (nSPS) is 18.9. The van der Waals surface area contributed by atoms with Crippen LogP contribution in [-0.2, 0) is 4.74 Å². The summed E-state index contributed by atoms with van der Waals surface area (Å²) in [6, 6.07) is 10.8. The Labute approximate surface area is 189 Å². The van der Waals surface area contributed by atoms with Crippen molar-refractivity contribution in [1.82, 2.24) is 15.1 Å². The molecule has 0 aromatic heterocycles. The van der Waals surface area contributed by atoms with Gasteiger partial charge in [0, 0.05) is 71.8 Å². The molecule has 0 aliphatic carbocycles. The molecule has 1 aromatic rings. The molecule has 0 radical (unpaired) electrons. The monoisotopic (exact) mass is 429 g/mol. The number of nitrogens with zero attached hydrogens (tertiary/aromatic N) is 4. The van der Waals surface area contributed by atoms with E-state index in [0.717, 1.165) is 77.3 Å². The van der Waals surface area contributed by atoms with E-state index in [1.165, 1.54) is 37.9 Å². The molecular formula is C25H43N5O. The van der Waals surface area contributed by atoms with E-state index >= 15 is 0 Å². The summed E-state index contributed by atoms with van der Waals surface area (Å²) in [4.78, 5) is 12.3. The fourth-order valence-corrected chi connectivity index (χ4v) is 4.49. The summed E-state index contributed by atoms with van der Waals surface area (Å²) in [6.45, 7) is 12.7. The highest BCUT2D eigenvalue weighted by molar-refractivity contribution is 5.79. The van der Waals surface area contributed by atoms with E-state index in [9.17, 15) is 0 Å². The molecule has 0 unspecified atom stereocenters. The average Bonchev–Trinajstić information content (AvgIpc) is 2.83. The maximum Gasteiger partial charge on any atom is 0.193 e. The van der Waals surface area contributed by atoms with Crippen molar-refractivity contribution in [3.8, 4) is 0 Å². The smallest absolute Gasteiger partial charge is 0.193 e. The molecule has 0 spiro atoms. The Morgan fingerprint density at radius 2 is 1.84 bits per heavy atom. The molecule has 1 aromatic carbocycles. The summed E-state index contributed by atoms with van der Waals surface area (Å²) in [5.41, 5.74) is 1.35. The van der Waals surface area contributed by atoms with Gasteiger partial charge in [-0.2, -0.15) is 0 Å². The first-order valence-electron chi connectivity index (χ1n) is 12.4. The second-order valence-corrected chi connectivity index (χ2v) is 8.87. The molecule has 3 rings (SSSR count). The first-order chi connectivity index (χ1) is 15.3. The standard InChI is InChI=1S/C25H43N5O/c1-3-26-25(28(2)16-11-23-12-21-31-22-13-23)27-14-7-8-15-29-17-19-30(20-18-29)24-9-5-4-6-10-24/h4-6,9-10,23H,3,7-8,11-22H2,1-2H3,(H,26,27). The van der Waals surface area contributed by atoms with Crippen LogP contribution in [0.25, 0.3) is 0 Å². The number of rotatable bonds is 10. The molecule has 0 bridgehead atoms. The Bertz CT molecular complexity index is 624. The van der Waals surface area contributed by atoms with E-state index in [4.69, 9.17) is 9.73 Å². The highest BCUT2D eigenvalue weighted by Crippen LogP contribution is 2.18. The Hall–Kier alpha value is -1.79. The van der Waals surface area contributed by atoms with E-state index in [2.05, 4.69) is 64.3 Å². The highest BCUT2D eigenvalue weighted by atomic mass is 16.5. The summed E-state index contributed by atoms with van der Waals surface area (Å²) in [5.74, 6) is 1.87. The van der Waals surface area contributed by atoms with E-state index < -0.39 is 0 Å². The summed E-state index contributed by atoms with van der Waals surface area (Å²) < 4.78 is 5.48. The largest absolute Gasteiger partial charge is 0.381 e. The Kier molecular flexibility index (Phi) is 10.5. The lowest BCUT2D eigenvalue weighted by atomic mass is 9.96. The topological polar surface area (TPSA) is 43.3 Å². The summed E-state index contributed by atoms with van der Waals surface area (Å²) in [7, 11) is 2.17. The molecule has 174 valence electrons. The van der Waals surface area contributed by atoms with Gasteiger partial charge in [-0.3, -0.25) is 9.89 Å². The predicted molar refractivity (Wildman–Crippen MR) is 131 cm³/mol. The number of hydrogen-bond acceptors (Lipinski definition) is 4. The molecule has 2 fully saturated rings. The maximum absolute atomic E-state index is 5.48. The van der Waals surface area contributed by atoms with Gasteiger partial charge in [0.2, 0.25) is 0 Å². The number of piperazine rings is 1. The zero-order valence-electron chi connectivity index (χ0n) is 19.8. The fourth-order valence-electron chi connectivity index (χ4n) is 4.49. The van der Waals surface area contributed by atoms with Gasteiger partial charge in [-0.15, -0.1) is 0 Å². The Balaban J connectivity index is 1.31. The van der Waals surface area contributed by atoms with Gasteiger partial charge < -0.3 is 19.9 Å². The van der Waals surface area contributed by atoms with Crippen molar-refractivity contribution < 1.29 is 4.74 Å². The van der Waals surface area contributed by atoms with E-state index in [1.807, 2.05) is 0 Å². The number of anilines is 1. The third kappa shape index (κ3) is 8.34. The SMILES string of the molecule is CCNC(=NCCCCN1CCN(c2ccccc2)CC1)N(C)CCC1CCOCC1. The Morgan fingerprint density at radius 1 is 1.10 bits per heavy atom. The summed E-state index contributed by atoms with van der Waals surface area (Å²) in [5, 5.41) is 3.47. The number of unbranched alkanes of at least 4 members (excludes halogenated alkanes) is 1. The zero-order valence-corrected chi connectivity index (χ0v) is 19.8. The van der Waals surface area contributed by atoms with Crippen molar-refractivity contribution in [3.05, 3.63) is 30.3 Å². The van der Waals surface area contributed by atoms with Crippen LogP contribution in [0.4, 0.5) is 5.69 Å². The number of nitrogens with one attached hydrogen (secondary N) is 1. The first-order valence-corrected chi connectivity index (χ1v) is 12.4. The number of ether oxygens (including phenoxy) is 1. The Morgan fingerprint density at radius 3 is 2.55 bits per heavy atom. The first kappa shape index (κ1) is 23.9. The van der Waals surface area contributed by atoms with Gasteiger partial charge in [0.1, 0.15) is 0 Å². The van der Waals surface area contributed by atoms with E-state index in [1.54, 1.807) is 0 Å². The van der Waals surface area contributed by atoms with Gasteiger partial charge in [0.25, 0.3) is 0 Å². The van der Waals surface area contributed by atoms with E-state index in [-0.39, 0.29) is 0 Å². The van der Waals surface area contributed by atoms with Gasteiger partial charge in [-0.05, 0) is 63.6 Å². The van der Waals surface area contributed by atoms with Crippen molar-refractivity contribution >= 4 is 11.6 Å². The van der Waals surface area contributed by atoms with Gasteiger partial charge in [-0.1, -0.05) is 18.2 Å². The lowest BCUT2D eigenvalue weighted by Gasteiger charge is -2.36. The van der Waals surface area contributed by atoms with Crippen LogP contribution in [0.15, 0.2) is 35.3 Å². The molecule has 0 saturated carbocycles. The third-order valence-corrected chi connectivity index (χ3v) is 6.55. The second kappa shape index (κ2) is 13.6. The lowest BCUT2D eigenvalue weighted by Crippen LogP contribution is -2.46. The molecule has 1 N–H and O–H groups in total. The molecule has 2 aliphatic rings. The molecule has 0 atom stereocenters. The van der Waals surface area contributed by atoms with Gasteiger partial charge >= 0.3 is 0 Å². The second-order valence-electron chi connectivity index (χ2n) is 8.87. The van der Waals surface area contributed by atoms with Gasteiger partial charge in [0.15, 0.2) is 5.96 Å². The van der Waals surface area contributed by atoms with E-state index in [0.29, 0.717) is 0 Å². The number of guanidine groups is 1. The molecule has 6 heteroatoms. The van der Waals surface area contributed by atoms with Crippen molar-refractivity contribution in [2.45, 2.75) is 39.0 Å². The molecule has 2 heterocycles. The number of hydrogen-bond donors (Lipinski definition) is 1. The minimum atomic E-state index is 0.807. The van der Waals surface area contributed by atoms with Crippen LogP contribution in [0, 0.1) is 5.92 Å². The maximum atomic E-state index is 5.48. The molecule has 2 aliphatic heterocycles. The van der Waals surface area contributed by atoms with Crippen molar-refractivity contribution in [2.24, 2.45) is 10.9 Å². The fraction of sp³-hybridized carbons (Fsp3) is 0.720. The highest BCUT2D eigenvalue weighted by Gasteiger charge is 2.17. The minimum Gasteiger partial charge on any atom is -0.381 e. The van der Waals surface area contributed by atoms with Crippen molar-refractivity contribution in [3.63, 3.8) is 0 Å². The molecule has 31 heavy (non-hydrogen) atoms. The minimum absolute atomic E-state index is 0.807. The van der Waals surface area contributed by atoms with Gasteiger partial charge in [-0.25, -0.2) is 0 Å². The van der Waals surface area contributed by atoms with Crippen LogP contribution in [0.5, 0.6) is 0 Å². The van der Waals surface area contributed by atoms with Crippen LogP contribution in [-0.4, -0.2) is 88.4 Å². The lowest BCUT2D eigenvalue weighted by molar-refractivity contribution is 0.0625. The molecular weight excluding hydrogens is 386 g/mol. The van der Waals surface area contributed by atoms with Crippen LogP contribution in [0.1, 0.15) is 39.0 Å². The van der Waals surface area contributed by atoms with Crippen molar-refractivity contribution in [2.75, 3.05) is 77.5 Å². The summed E-state index contributed by atoms with van der Waals surface area (Å²) in [6.07, 6.45) is 6.03. The quantitative estimate of drug-likeness (QED) is 0.351. The van der Waals surface area contributed by atoms with Crippen LogP contribution in [0.2, 0.25) is 0 Å². The molecule has 6 nitrogen and oxygen atoms in total. The third-order valence-electron chi connectivity index (χ3n) is 6.55. The summed E-state index contributed by atoms with van der Waals surface area (Å²) >= 11 is 0. The van der Waals surface area contributed by atoms with Crippen LogP contribution < -0.4 is 10.2 Å². The molecule has 2 saturated heterocycles. The molecule has 0 amide bonds. The predicted octanol–water partition coefficient (Wildman–Crippen LogP) is 3.30.